The number of aliphatic hydroxyl groups excluding tert-OH is 1. The second kappa shape index (κ2) is 7.07. The minimum absolute atomic E-state index is 0. The molecule has 0 spiro atoms. The average Bonchev–Trinajstić information content (AvgIpc) is 1.86. The van der Waals surface area contributed by atoms with Gasteiger partial charge in [-0.2, -0.15) is 0 Å². The summed E-state index contributed by atoms with van der Waals surface area (Å²) in [5, 5.41) is 8.73. The first-order valence-corrected chi connectivity index (χ1v) is 2.57. The van der Waals surface area contributed by atoms with Crippen LogP contribution in [0.5, 0.6) is 0 Å². The van der Waals surface area contributed by atoms with Crippen LogP contribution in [0.2, 0.25) is 0 Å². The van der Waals surface area contributed by atoms with E-state index in [0.717, 1.165) is 12.8 Å². The summed E-state index contributed by atoms with van der Waals surface area (Å²) in [6, 6.07) is 0. The number of rotatable bonds is 0. The van der Waals surface area contributed by atoms with Crippen molar-refractivity contribution in [2.75, 3.05) is 0 Å². The Kier molecular flexibility index (Phi) is 11.2. The molecule has 40 valence electrons. The van der Waals surface area contributed by atoms with Crippen LogP contribution in [-0.4, -0.2) is 11.2 Å². The van der Waals surface area contributed by atoms with Gasteiger partial charge in [-0.3, -0.25) is 0 Å². The first-order valence-electron chi connectivity index (χ1n) is 2.57. The largest absolute Gasteiger partial charge is 1.00 e. The maximum Gasteiger partial charge on any atom is 1.00 e. The molecule has 3 heteroatoms. The molecular formula is C5H12Na2O. The topological polar surface area (TPSA) is 20.2 Å². The Hall–Kier alpha value is 1.96. The maximum absolute atomic E-state index is 8.73. The van der Waals surface area contributed by atoms with Crippen LogP contribution in [0.1, 0.15) is 28.5 Å². The third-order valence-electron chi connectivity index (χ3n) is 1.32. The van der Waals surface area contributed by atoms with Crippen LogP contribution >= 0.6 is 0 Å². The van der Waals surface area contributed by atoms with Crippen LogP contribution in [0.15, 0.2) is 0 Å². The summed E-state index contributed by atoms with van der Waals surface area (Å²) in [4.78, 5) is 0. The Bertz CT molecular complexity index is 50.9. The molecule has 8 heavy (non-hydrogen) atoms. The maximum atomic E-state index is 8.73. The first kappa shape index (κ1) is 12.6. The summed E-state index contributed by atoms with van der Waals surface area (Å²) in [5.41, 5.74) is 0. The smallest absolute Gasteiger partial charge is 1.00 e. The van der Waals surface area contributed by atoms with Crippen molar-refractivity contribution in [1.29, 1.82) is 0 Å². The Morgan fingerprint density at radius 3 is 1.62 bits per heavy atom. The van der Waals surface area contributed by atoms with Crippen LogP contribution in [0, 0.1) is 0 Å². The fraction of sp³-hybridized carbons (Fsp3) is 1.00. The SMILES string of the molecule is OC1CCCC1.[H-].[H-].[Na+].[Na+]. The predicted molar refractivity (Wildman–Crippen MR) is 26.7 cm³/mol. The molecule has 0 amide bonds. The van der Waals surface area contributed by atoms with E-state index in [0.29, 0.717) is 0 Å². The summed E-state index contributed by atoms with van der Waals surface area (Å²) in [7, 11) is 0. The van der Waals surface area contributed by atoms with Gasteiger partial charge in [-0.1, -0.05) is 12.8 Å². The molecular weight excluding hydrogens is 122 g/mol. The van der Waals surface area contributed by atoms with Gasteiger partial charge >= 0.3 is 59.1 Å². The Morgan fingerprint density at radius 1 is 1.12 bits per heavy atom. The molecule has 0 aromatic carbocycles. The van der Waals surface area contributed by atoms with Gasteiger partial charge in [0, 0.05) is 0 Å². The van der Waals surface area contributed by atoms with Gasteiger partial charge in [-0.05, 0) is 12.8 Å². The number of aliphatic hydroxyl groups is 1. The van der Waals surface area contributed by atoms with E-state index in [1.807, 2.05) is 0 Å². The van der Waals surface area contributed by atoms with Crippen molar-refractivity contribution in [2.45, 2.75) is 31.8 Å². The molecule has 1 saturated carbocycles. The second-order valence-electron chi connectivity index (χ2n) is 1.94. The Morgan fingerprint density at radius 2 is 1.50 bits per heavy atom. The van der Waals surface area contributed by atoms with Gasteiger partial charge in [0.1, 0.15) is 0 Å². The van der Waals surface area contributed by atoms with E-state index >= 15 is 0 Å². The molecule has 1 nitrogen and oxygen atoms in total. The summed E-state index contributed by atoms with van der Waals surface area (Å²) in [6.45, 7) is 0. The van der Waals surface area contributed by atoms with Crippen LogP contribution in [0.4, 0.5) is 0 Å². The standard InChI is InChI=1S/C5H10O.2Na.2H/c6-5-3-1-2-4-5;;;;/h5-6H,1-4H2;;;;/q;2*+1;2*-1. The fourth-order valence-corrected chi connectivity index (χ4v) is 0.904. The van der Waals surface area contributed by atoms with E-state index in [9.17, 15) is 0 Å². The molecule has 0 atom stereocenters. The van der Waals surface area contributed by atoms with Crippen molar-refractivity contribution in [3.8, 4) is 0 Å². The Labute approximate surface area is 97.8 Å². The van der Waals surface area contributed by atoms with E-state index in [-0.39, 0.29) is 68.1 Å². The van der Waals surface area contributed by atoms with E-state index in [4.69, 9.17) is 5.11 Å². The third kappa shape index (κ3) is 4.80. The molecule has 1 N–H and O–H groups in total. The number of hydrogen-bond acceptors (Lipinski definition) is 1. The zero-order valence-corrected chi connectivity index (χ0v) is 9.85. The summed E-state index contributed by atoms with van der Waals surface area (Å²) < 4.78 is 0. The van der Waals surface area contributed by atoms with E-state index < -0.39 is 0 Å². The van der Waals surface area contributed by atoms with Crippen molar-refractivity contribution in [2.24, 2.45) is 0 Å². The first-order chi connectivity index (χ1) is 2.89. The predicted octanol–water partition coefficient (Wildman–Crippen LogP) is -4.85. The van der Waals surface area contributed by atoms with Gasteiger partial charge in [0.05, 0.1) is 6.10 Å². The molecule has 1 rings (SSSR count). The molecule has 0 unspecified atom stereocenters. The molecule has 1 fully saturated rings. The van der Waals surface area contributed by atoms with Crippen molar-refractivity contribution in [1.82, 2.24) is 0 Å². The molecule has 1 aliphatic carbocycles. The zero-order valence-electron chi connectivity index (χ0n) is 7.85. The molecule has 0 radical (unpaired) electrons. The average molecular weight is 134 g/mol. The van der Waals surface area contributed by atoms with Gasteiger partial charge in [-0.25, -0.2) is 0 Å². The van der Waals surface area contributed by atoms with Crippen LogP contribution in [0.3, 0.4) is 0 Å². The van der Waals surface area contributed by atoms with Crippen LogP contribution in [0.25, 0.3) is 0 Å². The van der Waals surface area contributed by atoms with Gasteiger partial charge in [-0.15, -0.1) is 0 Å². The molecule has 0 saturated heterocycles. The van der Waals surface area contributed by atoms with Gasteiger partial charge in [0.15, 0.2) is 0 Å². The molecule has 1 aliphatic rings. The van der Waals surface area contributed by atoms with Gasteiger partial charge in [0.2, 0.25) is 0 Å². The summed E-state index contributed by atoms with van der Waals surface area (Å²) in [6.07, 6.45) is 4.60. The third-order valence-corrected chi connectivity index (χ3v) is 1.32. The van der Waals surface area contributed by atoms with Crippen LogP contribution < -0.4 is 59.1 Å². The molecule has 0 aromatic heterocycles. The molecule has 0 aliphatic heterocycles. The minimum atomic E-state index is 0. The van der Waals surface area contributed by atoms with Crippen molar-refractivity contribution in [3.63, 3.8) is 0 Å². The monoisotopic (exact) mass is 134 g/mol. The Balaban J connectivity index is -0.0000000450. The fourth-order valence-electron chi connectivity index (χ4n) is 0.904. The molecule has 0 heterocycles. The van der Waals surface area contributed by atoms with Crippen LogP contribution in [-0.2, 0) is 0 Å². The van der Waals surface area contributed by atoms with E-state index in [1.54, 1.807) is 0 Å². The van der Waals surface area contributed by atoms with Crippen molar-refractivity contribution < 1.29 is 67.1 Å². The van der Waals surface area contributed by atoms with Gasteiger partial charge in [0.25, 0.3) is 0 Å². The van der Waals surface area contributed by atoms with E-state index in [1.165, 1.54) is 12.8 Å². The quantitative estimate of drug-likeness (QED) is 0.329. The van der Waals surface area contributed by atoms with Gasteiger partial charge < -0.3 is 7.96 Å². The summed E-state index contributed by atoms with van der Waals surface area (Å²) >= 11 is 0. The normalized spacial score (nSPS) is 19.1. The molecule has 0 bridgehead atoms. The molecule has 0 aromatic rings. The zero-order chi connectivity index (χ0) is 4.41. The minimum Gasteiger partial charge on any atom is -1.00 e. The second-order valence-corrected chi connectivity index (χ2v) is 1.94. The van der Waals surface area contributed by atoms with Crippen molar-refractivity contribution >= 4 is 0 Å². The van der Waals surface area contributed by atoms with E-state index in [2.05, 4.69) is 0 Å². The summed E-state index contributed by atoms with van der Waals surface area (Å²) in [5.74, 6) is 0. The number of hydrogen-bond donors (Lipinski definition) is 1. The van der Waals surface area contributed by atoms with Crippen molar-refractivity contribution in [3.05, 3.63) is 0 Å².